The zero-order valence-electron chi connectivity index (χ0n) is 19.8. The maximum atomic E-state index is 13.3. The van der Waals surface area contributed by atoms with Gasteiger partial charge >= 0.3 is 4.87 Å². The monoisotopic (exact) mass is 500 g/mol. The van der Waals surface area contributed by atoms with Gasteiger partial charge in [0.25, 0.3) is 0 Å². The smallest absolute Gasteiger partial charge is 0.308 e. The molecular formula is C26H32N2O4S2. The van der Waals surface area contributed by atoms with Crippen molar-refractivity contribution in [3.63, 3.8) is 0 Å². The number of thioether (sulfide) groups is 1. The normalized spacial score (nSPS) is 29.6. The molecule has 2 aromatic rings. The fraction of sp³-hybridized carbons (Fsp3) is 0.615. The molecule has 1 saturated heterocycles. The van der Waals surface area contributed by atoms with Crippen LogP contribution in [0.15, 0.2) is 28.0 Å². The Balaban J connectivity index is 1.41. The molecule has 6 nitrogen and oxygen atoms in total. The van der Waals surface area contributed by atoms with E-state index in [1.807, 2.05) is 22.7 Å². The van der Waals surface area contributed by atoms with Crippen LogP contribution >= 0.6 is 23.1 Å². The van der Waals surface area contributed by atoms with Crippen molar-refractivity contribution in [2.24, 2.45) is 17.8 Å². The highest BCUT2D eigenvalue weighted by Gasteiger charge is 2.55. The van der Waals surface area contributed by atoms with Crippen LogP contribution in [-0.4, -0.2) is 47.9 Å². The number of fused-ring (bicyclic) bond motifs is 6. The van der Waals surface area contributed by atoms with E-state index < -0.39 is 0 Å². The van der Waals surface area contributed by atoms with Crippen molar-refractivity contribution in [1.29, 1.82) is 0 Å². The van der Waals surface area contributed by atoms with Crippen LogP contribution in [0.25, 0.3) is 0 Å². The molecule has 3 fully saturated rings. The van der Waals surface area contributed by atoms with Gasteiger partial charge in [0.1, 0.15) is 6.54 Å². The summed E-state index contributed by atoms with van der Waals surface area (Å²) in [5, 5.41) is 1.55. The van der Waals surface area contributed by atoms with Crippen molar-refractivity contribution in [1.82, 2.24) is 9.47 Å². The van der Waals surface area contributed by atoms with Crippen molar-refractivity contribution >= 4 is 29.0 Å². The van der Waals surface area contributed by atoms with Crippen LogP contribution in [0.2, 0.25) is 0 Å². The number of methoxy groups -OCH3 is 2. The molecule has 0 spiro atoms. The van der Waals surface area contributed by atoms with E-state index >= 15 is 0 Å². The summed E-state index contributed by atoms with van der Waals surface area (Å²) in [5.74, 6) is 3.64. The zero-order chi connectivity index (χ0) is 23.4. The minimum absolute atomic E-state index is 0.000608. The van der Waals surface area contributed by atoms with Gasteiger partial charge in [-0.25, -0.2) is 0 Å². The van der Waals surface area contributed by atoms with Gasteiger partial charge in [0.2, 0.25) is 5.91 Å². The lowest BCUT2D eigenvalue weighted by molar-refractivity contribution is -0.132. The molecule has 182 valence electrons. The number of ether oxygens (including phenoxy) is 2. The molecule has 1 aromatic carbocycles. The first-order chi connectivity index (χ1) is 16.6. The predicted molar refractivity (Wildman–Crippen MR) is 134 cm³/mol. The SMILES string of the molecule is COc1ccc(C2c3sc(=O)n(CC(=O)N4CCCCC4)c3SC3C4CCC(C4)C23)cc1OC. The average Bonchev–Trinajstić information content (AvgIpc) is 3.57. The standard InChI is InChI=1S/C26H32N2O4S2/c1-31-18-9-8-16(13-19(18)32-2)22-21-15-6-7-17(12-15)23(21)33-25-24(22)34-26(30)28(25)14-20(29)27-10-4-3-5-11-27/h8-9,13,15,17,21-23H,3-7,10-12,14H2,1-2H3. The third-order valence-electron chi connectivity index (χ3n) is 8.46. The number of hydrogen-bond acceptors (Lipinski definition) is 6. The largest absolute Gasteiger partial charge is 0.493 e. The van der Waals surface area contributed by atoms with E-state index in [4.69, 9.17) is 9.47 Å². The van der Waals surface area contributed by atoms with Gasteiger partial charge < -0.3 is 14.4 Å². The van der Waals surface area contributed by atoms with Crippen LogP contribution < -0.4 is 14.3 Å². The second-order valence-electron chi connectivity index (χ2n) is 10.2. The molecule has 3 heterocycles. The Kier molecular flexibility index (Phi) is 5.92. The van der Waals surface area contributed by atoms with Crippen LogP contribution in [0.4, 0.5) is 0 Å². The summed E-state index contributed by atoms with van der Waals surface area (Å²) in [6.07, 6.45) is 7.17. The third kappa shape index (κ3) is 3.60. The minimum atomic E-state index is 0.000608. The summed E-state index contributed by atoms with van der Waals surface area (Å²) in [6.45, 7) is 1.80. The number of thiazole rings is 1. The molecule has 2 bridgehead atoms. The van der Waals surface area contributed by atoms with E-state index in [2.05, 4.69) is 12.1 Å². The van der Waals surface area contributed by atoms with Gasteiger partial charge in [0, 0.05) is 29.1 Å². The molecule has 8 heteroatoms. The summed E-state index contributed by atoms with van der Waals surface area (Å²) >= 11 is 3.24. The van der Waals surface area contributed by atoms with Crippen molar-refractivity contribution in [3.8, 4) is 11.5 Å². The lowest BCUT2D eigenvalue weighted by Gasteiger charge is -2.40. The molecular weight excluding hydrogens is 468 g/mol. The highest BCUT2D eigenvalue weighted by molar-refractivity contribution is 8.00. The molecule has 6 rings (SSSR count). The topological polar surface area (TPSA) is 60.8 Å². The summed E-state index contributed by atoms with van der Waals surface area (Å²) in [5.41, 5.74) is 1.19. The Morgan fingerprint density at radius 3 is 2.59 bits per heavy atom. The van der Waals surface area contributed by atoms with Crippen LogP contribution in [0, 0.1) is 17.8 Å². The lowest BCUT2D eigenvalue weighted by Crippen LogP contribution is -2.39. The molecule has 5 unspecified atom stereocenters. The fourth-order valence-electron chi connectivity index (χ4n) is 6.89. The Bertz CT molecular complexity index is 1150. The van der Waals surface area contributed by atoms with Gasteiger partial charge in [-0.3, -0.25) is 14.2 Å². The number of aromatic nitrogens is 1. The molecule has 0 radical (unpaired) electrons. The van der Waals surface area contributed by atoms with E-state index in [9.17, 15) is 9.59 Å². The number of hydrogen-bond donors (Lipinski definition) is 0. The quantitative estimate of drug-likeness (QED) is 0.601. The number of carbonyl (C=O) groups excluding carboxylic acids is 1. The van der Waals surface area contributed by atoms with Crippen LogP contribution in [0.5, 0.6) is 11.5 Å². The van der Waals surface area contributed by atoms with Gasteiger partial charge in [-0.15, -0.1) is 11.8 Å². The Hall–Kier alpha value is -1.93. The first kappa shape index (κ1) is 22.5. The van der Waals surface area contributed by atoms with E-state index in [1.165, 1.54) is 42.6 Å². The van der Waals surface area contributed by atoms with Gasteiger partial charge in [-0.2, -0.15) is 0 Å². The van der Waals surface area contributed by atoms with Crippen molar-refractivity contribution in [2.45, 2.75) is 61.3 Å². The number of piperidine rings is 1. The first-order valence-electron chi connectivity index (χ1n) is 12.5. The van der Waals surface area contributed by atoms with Crippen LogP contribution in [0.3, 0.4) is 0 Å². The molecule has 1 aromatic heterocycles. The third-order valence-corrected chi connectivity index (χ3v) is 11.3. The van der Waals surface area contributed by atoms with Crippen molar-refractivity contribution in [2.75, 3.05) is 27.3 Å². The molecule has 2 saturated carbocycles. The van der Waals surface area contributed by atoms with E-state index in [1.54, 1.807) is 18.8 Å². The van der Waals surface area contributed by atoms with Gasteiger partial charge in [-0.05, 0) is 74.0 Å². The molecule has 2 aliphatic heterocycles. The summed E-state index contributed by atoms with van der Waals surface area (Å²) in [7, 11) is 3.33. The number of amides is 1. The van der Waals surface area contributed by atoms with E-state index in [0.29, 0.717) is 23.0 Å². The predicted octanol–water partition coefficient (Wildman–Crippen LogP) is 4.59. The molecule has 5 atom stereocenters. The zero-order valence-corrected chi connectivity index (χ0v) is 21.5. The summed E-state index contributed by atoms with van der Waals surface area (Å²) < 4.78 is 12.9. The molecule has 0 N–H and O–H groups in total. The van der Waals surface area contributed by atoms with Crippen LogP contribution in [0.1, 0.15) is 54.9 Å². The number of benzene rings is 1. The molecule has 4 aliphatic rings. The summed E-state index contributed by atoms with van der Waals surface area (Å²) in [4.78, 5) is 29.5. The Labute approximate surface area is 208 Å². The Morgan fingerprint density at radius 2 is 1.82 bits per heavy atom. The second kappa shape index (κ2) is 8.94. The minimum Gasteiger partial charge on any atom is -0.493 e. The maximum absolute atomic E-state index is 13.3. The lowest BCUT2D eigenvalue weighted by atomic mass is 9.75. The second-order valence-corrected chi connectivity index (χ2v) is 12.3. The number of rotatable bonds is 5. The number of nitrogens with zero attached hydrogens (tertiary/aromatic N) is 2. The highest BCUT2D eigenvalue weighted by atomic mass is 32.2. The molecule has 2 aliphatic carbocycles. The molecule has 34 heavy (non-hydrogen) atoms. The van der Waals surface area contributed by atoms with Crippen LogP contribution in [-0.2, 0) is 11.3 Å². The first-order valence-corrected chi connectivity index (χ1v) is 14.2. The van der Waals surface area contributed by atoms with Crippen molar-refractivity contribution < 1.29 is 14.3 Å². The van der Waals surface area contributed by atoms with Gasteiger partial charge in [0.05, 0.1) is 19.2 Å². The maximum Gasteiger partial charge on any atom is 0.308 e. The highest BCUT2D eigenvalue weighted by Crippen LogP contribution is 2.64. The van der Waals surface area contributed by atoms with Gasteiger partial charge in [0.15, 0.2) is 11.5 Å². The average molecular weight is 501 g/mol. The van der Waals surface area contributed by atoms with E-state index in [0.717, 1.165) is 47.3 Å². The summed E-state index contributed by atoms with van der Waals surface area (Å²) in [6, 6.07) is 6.22. The Morgan fingerprint density at radius 1 is 1.06 bits per heavy atom. The molecule has 1 amide bonds. The van der Waals surface area contributed by atoms with Gasteiger partial charge in [-0.1, -0.05) is 17.4 Å². The number of likely N-dealkylation sites (tertiary alicyclic amines) is 1. The van der Waals surface area contributed by atoms with Crippen molar-refractivity contribution in [3.05, 3.63) is 38.3 Å². The number of carbonyl (C=O) groups is 1. The fourth-order valence-corrected chi connectivity index (χ4v) is 10.0. The van der Waals surface area contributed by atoms with E-state index in [-0.39, 0.29) is 23.2 Å².